The van der Waals surface area contributed by atoms with E-state index in [1.54, 1.807) is 0 Å². The molecule has 0 aromatic carbocycles. The lowest BCUT2D eigenvalue weighted by molar-refractivity contribution is -0.119. The van der Waals surface area contributed by atoms with Crippen molar-refractivity contribution in [3.8, 4) is 0 Å². The quantitative estimate of drug-likeness (QED) is 0.555. The number of carbonyl (C=O) groups is 1. The Labute approximate surface area is 125 Å². The average molecular weight is 289 g/mol. The standard InChI is InChI=1S/C15H23N5O/c1-10(2)8-11(3)19-20-14(21)9-16-15-17-12-6-4-5-7-13(12)18-15/h4,6,10H,5,7-9H2,1-3H3,(H,20,21)(H2,16,17,18)/b19-11+. The Morgan fingerprint density at radius 1 is 1.52 bits per heavy atom. The zero-order chi connectivity index (χ0) is 15.2. The van der Waals surface area contributed by atoms with E-state index in [9.17, 15) is 4.79 Å². The predicted molar refractivity (Wildman–Crippen MR) is 85.1 cm³/mol. The minimum atomic E-state index is -0.178. The fourth-order valence-corrected chi connectivity index (χ4v) is 2.26. The number of aromatic nitrogens is 2. The number of nitrogens with one attached hydrogen (secondary N) is 3. The largest absolute Gasteiger partial charge is 0.347 e. The molecule has 3 N–H and O–H groups in total. The molecule has 21 heavy (non-hydrogen) atoms. The molecule has 0 bridgehead atoms. The summed E-state index contributed by atoms with van der Waals surface area (Å²) in [7, 11) is 0. The van der Waals surface area contributed by atoms with E-state index in [1.807, 2.05) is 13.0 Å². The van der Waals surface area contributed by atoms with Crippen LogP contribution in [0.1, 0.15) is 45.0 Å². The minimum Gasteiger partial charge on any atom is -0.347 e. The average Bonchev–Trinajstić information content (AvgIpc) is 2.85. The van der Waals surface area contributed by atoms with Gasteiger partial charge in [-0.3, -0.25) is 4.79 Å². The first-order chi connectivity index (χ1) is 10.0. The Kier molecular flexibility index (Phi) is 5.14. The second-order valence-electron chi connectivity index (χ2n) is 5.72. The number of aromatic amines is 1. The van der Waals surface area contributed by atoms with E-state index in [-0.39, 0.29) is 12.5 Å². The van der Waals surface area contributed by atoms with Crippen LogP contribution < -0.4 is 10.7 Å². The third-order valence-corrected chi connectivity index (χ3v) is 3.14. The Morgan fingerprint density at radius 2 is 2.33 bits per heavy atom. The van der Waals surface area contributed by atoms with Crippen LogP contribution in [0.25, 0.3) is 6.08 Å². The number of rotatable bonds is 6. The van der Waals surface area contributed by atoms with Crippen LogP contribution in [0.5, 0.6) is 0 Å². The zero-order valence-electron chi connectivity index (χ0n) is 12.9. The highest BCUT2D eigenvalue weighted by Crippen LogP contribution is 2.18. The maximum atomic E-state index is 11.7. The van der Waals surface area contributed by atoms with Crippen LogP contribution >= 0.6 is 0 Å². The van der Waals surface area contributed by atoms with Gasteiger partial charge in [-0.1, -0.05) is 19.9 Å². The number of amides is 1. The molecule has 6 nitrogen and oxygen atoms in total. The number of nitrogens with zero attached hydrogens (tertiary/aromatic N) is 2. The molecule has 0 saturated heterocycles. The molecule has 1 aromatic rings. The Hall–Kier alpha value is -2.11. The number of hydrogen-bond acceptors (Lipinski definition) is 4. The lowest BCUT2D eigenvalue weighted by atomic mass is 10.1. The minimum absolute atomic E-state index is 0.147. The van der Waals surface area contributed by atoms with Crippen molar-refractivity contribution in [2.45, 2.75) is 40.0 Å². The van der Waals surface area contributed by atoms with Crippen LogP contribution in [-0.4, -0.2) is 28.1 Å². The van der Waals surface area contributed by atoms with Gasteiger partial charge >= 0.3 is 0 Å². The summed E-state index contributed by atoms with van der Waals surface area (Å²) in [6.07, 6.45) is 6.97. The molecule has 0 spiro atoms. The molecule has 1 aliphatic rings. The van der Waals surface area contributed by atoms with Gasteiger partial charge in [0.2, 0.25) is 5.95 Å². The number of carbonyl (C=O) groups excluding carboxylic acids is 1. The summed E-state index contributed by atoms with van der Waals surface area (Å²) in [5.41, 5.74) is 5.55. The molecule has 1 aromatic heterocycles. The number of H-pyrrole nitrogens is 1. The van der Waals surface area contributed by atoms with Gasteiger partial charge in [0.25, 0.3) is 5.91 Å². The lowest BCUT2D eigenvalue weighted by Crippen LogP contribution is -2.27. The first-order valence-electron chi connectivity index (χ1n) is 7.36. The van der Waals surface area contributed by atoms with E-state index in [4.69, 9.17) is 0 Å². The Morgan fingerprint density at radius 3 is 3.05 bits per heavy atom. The van der Waals surface area contributed by atoms with Crippen LogP contribution in [0.4, 0.5) is 5.95 Å². The molecule has 0 atom stereocenters. The molecule has 2 rings (SSSR count). The van der Waals surface area contributed by atoms with Gasteiger partial charge in [0.15, 0.2) is 0 Å². The summed E-state index contributed by atoms with van der Waals surface area (Å²) in [4.78, 5) is 19.3. The molecule has 0 unspecified atom stereocenters. The molecule has 0 saturated carbocycles. The number of anilines is 1. The van der Waals surface area contributed by atoms with E-state index < -0.39 is 0 Å². The monoisotopic (exact) mass is 289 g/mol. The van der Waals surface area contributed by atoms with Crippen molar-refractivity contribution in [2.75, 3.05) is 11.9 Å². The zero-order valence-corrected chi connectivity index (χ0v) is 12.9. The van der Waals surface area contributed by atoms with Gasteiger partial charge in [-0.15, -0.1) is 0 Å². The Bertz CT molecular complexity index is 556. The third-order valence-electron chi connectivity index (χ3n) is 3.14. The summed E-state index contributed by atoms with van der Waals surface area (Å²) in [6.45, 7) is 6.31. The van der Waals surface area contributed by atoms with Crippen molar-refractivity contribution in [3.63, 3.8) is 0 Å². The highest BCUT2D eigenvalue weighted by atomic mass is 16.2. The van der Waals surface area contributed by atoms with E-state index in [0.717, 1.165) is 36.4 Å². The van der Waals surface area contributed by atoms with Crippen molar-refractivity contribution in [1.29, 1.82) is 0 Å². The van der Waals surface area contributed by atoms with Gasteiger partial charge in [0.05, 0.1) is 12.2 Å². The normalized spacial score (nSPS) is 14.2. The van der Waals surface area contributed by atoms with Crippen molar-refractivity contribution in [3.05, 3.63) is 17.5 Å². The van der Waals surface area contributed by atoms with Gasteiger partial charge in [0, 0.05) is 11.4 Å². The highest BCUT2D eigenvalue weighted by molar-refractivity contribution is 5.85. The number of fused-ring (bicyclic) bond motifs is 1. The summed E-state index contributed by atoms with van der Waals surface area (Å²) >= 11 is 0. The lowest BCUT2D eigenvalue weighted by Gasteiger charge is -2.05. The van der Waals surface area contributed by atoms with Crippen LogP contribution in [0, 0.1) is 5.92 Å². The maximum Gasteiger partial charge on any atom is 0.259 e. The molecule has 0 aliphatic heterocycles. The summed E-state index contributed by atoms with van der Waals surface area (Å²) in [5.74, 6) is 0.985. The predicted octanol–water partition coefficient (Wildman–Crippen LogP) is 2.32. The summed E-state index contributed by atoms with van der Waals surface area (Å²) in [6, 6.07) is 0. The molecular formula is C15H23N5O. The van der Waals surface area contributed by atoms with Crippen molar-refractivity contribution >= 4 is 23.6 Å². The fraction of sp³-hybridized carbons (Fsp3) is 0.533. The number of allylic oxidation sites excluding steroid dienone is 1. The van der Waals surface area contributed by atoms with Gasteiger partial charge in [-0.05, 0) is 38.2 Å². The number of aryl methyl sites for hydroxylation is 1. The van der Waals surface area contributed by atoms with Crippen LogP contribution in [-0.2, 0) is 11.2 Å². The maximum absolute atomic E-state index is 11.7. The molecule has 0 fully saturated rings. The SMILES string of the molecule is C/C(CC(C)C)=N\NC(=O)CNc1nc2c([nH]1)CCC=C2. The van der Waals surface area contributed by atoms with E-state index in [0.29, 0.717) is 11.9 Å². The third kappa shape index (κ3) is 4.73. The van der Waals surface area contributed by atoms with Crippen molar-refractivity contribution < 1.29 is 4.79 Å². The fourth-order valence-electron chi connectivity index (χ4n) is 2.26. The highest BCUT2D eigenvalue weighted by Gasteiger charge is 2.11. The first-order valence-corrected chi connectivity index (χ1v) is 7.36. The molecule has 1 amide bonds. The molecule has 1 aliphatic carbocycles. The van der Waals surface area contributed by atoms with Gasteiger partial charge in [0.1, 0.15) is 0 Å². The van der Waals surface area contributed by atoms with Crippen LogP contribution in [0.15, 0.2) is 11.2 Å². The molecule has 114 valence electrons. The topological polar surface area (TPSA) is 82.2 Å². The van der Waals surface area contributed by atoms with Crippen LogP contribution in [0.2, 0.25) is 0 Å². The summed E-state index contributed by atoms with van der Waals surface area (Å²) in [5, 5.41) is 7.06. The molecule has 6 heteroatoms. The van der Waals surface area contributed by atoms with Crippen molar-refractivity contribution in [1.82, 2.24) is 15.4 Å². The van der Waals surface area contributed by atoms with E-state index in [1.165, 1.54) is 0 Å². The Balaban J connectivity index is 1.79. The van der Waals surface area contributed by atoms with Gasteiger partial charge < -0.3 is 10.3 Å². The first kappa shape index (κ1) is 15.3. The van der Waals surface area contributed by atoms with Gasteiger partial charge in [-0.2, -0.15) is 5.10 Å². The van der Waals surface area contributed by atoms with Crippen molar-refractivity contribution in [2.24, 2.45) is 11.0 Å². The summed E-state index contributed by atoms with van der Waals surface area (Å²) < 4.78 is 0. The molecule has 0 radical (unpaired) electrons. The number of hydrogen-bond donors (Lipinski definition) is 3. The number of imidazole rings is 1. The van der Waals surface area contributed by atoms with Gasteiger partial charge in [-0.25, -0.2) is 10.4 Å². The molecule has 1 heterocycles. The second-order valence-corrected chi connectivity index (χ2v) is 5.72. The second kappa shape index (κ2) is 7.06. The van der Waals surface area contributed by atoms with Crippen LogP contribution in [0.3, 0.4) is 0 Å². The smallest absolute Gasteiger partial charge is 0.259 e. The van der Waals surface area contributed by atoms with E-state index in [2.05, 4.69) is 45.7 Å². The molecular weight excluding hydrogens is 266 g/mol. The van der Waals surface area contributed by atoms with E-state index >= 15 is 0 Å². The number of hydrazone groups is 1.